The van der Waals surface area contributed by atoms with Crippen LogP contribution in [-0.4, -0.2) is 27.7 Å². The van der Waals surface area contributed by atoms with E-state index in [2.05, 4.69) is 20.9 Å². The first-order chi connectivity index (χ1) is 14.2. The van der Waals surface area contributed by atoms with Crippen molar-refractivity contribution in [3.63, 3.8) is 0 Å². The molecular formula is C22H22ClN3O3. The zero-order valence-electron chi connectivity index (χ0n) is 16.0. The topological polar surface area (TPSA) is 67.5 Å². The summed E-state index contributed by atoms with van der Waals surface area (Å²) in [5, 5.41) is 1.14. The molecule has 5 rings (SSSR count). The molecule has 0 unspecified atom stereocenters. The third-order valence-corrected chi connectivity index (χ3v) is 5.97. The number of hydrogen-bond acceptors (Lipinski definition) is 5. The normalized spacial score (nSPS) is 16.2. The molecule has 0 saturated heterocycles. The van der Waals surface area contributed by atoms with Crippen molar-refractivity contribution in [2.24, 2.45) is 0 Å². The van der Waals surface area contributed by atoms with E-state index in [1.807, 2.05) is 12.1 Å². The van der Waals surface area contributed by atoms with Gasteiger partial charge in [0.25, 0.3) is 5.56 Å². The Morgan fingerprint density at radius 3 is 2.76 bits per heavy atom. The smallest absolute Gasteiger partial charge is 0.258 e. The van der Waals surface area contributed by atoms with Crippen LogP contribution >= 0.6 is 11.6 Å². The molecule has 2 aromatic carbocycles. The number of halogens is 1. The standard InChI is InChI=1S/C22H22ClN3O3/c23-15-6-7-17-18(10-15)24-21(25-22(17)27)12-26(16-3-1-2-4-16)11-14-5-8-19-20(9-14)29-13-28-19/h5-10,16H,1-4,11-13H2,(H,24,25,27). The van der Waals surface area contributed by atoms with Gasteiger partial charge in [-0.1, -0.05) is 30.5 Å². The maximum absolute atomic E-state index is 12.5. The lowest BCUT2D eigenvalue weighted by Crippen LogP contribution is -2.33. The Morgan fingerprint density at radius 1 is 1.07 bits per heavy atom. The van der Waals surface area contributed by atoms with Crippen LogP contribution in [-0.2, 0) is 13.1 Å². The highest BCUT2D eigenvalue weighted by Crippen LogP contribution is 2.34. The van der Waals surface area contributed by atoms with Gasteiger partial charge in [0.2, 0.25) is 6.79 Å². The Morgan fingerprint density at radius 2 is 1.90 bits per heavy atom. The maximum Gasteiger partial charge on any atom is 0.258 e. The average Bonchev–Trinajstić information content (AvgIpc) is 3.39. The zero-order valence-corrected chi connectivity index (χ0v) is 16.7. The molecule has 0 radical (unpaired) electrons. The molecule has 0 bridgehead atoms. The summed E-state index contributed by atoms with van der Waals surface area (Å²) in [5.74, 6) is 2.25. The quantitative estimate of drug-likeness (QED) is 0.679. The molecular weight excluding hydrogens is 390 g/mol. The first-order valence-corrected chi connectivity index (χ1v) is 10.3. The molecule has 29 heavy (non-hydrogen) atoms. The molecule has 1 fully saturated rings. The third kappa shape index (κ3) is 3.82. The van der Waals surface area contributed by atoms with Gasteiger partial charge >= 0.3 is 0 Å². The predicted octanol–water partition coefficient (Wildman–Crippen LogP) is 4.25. The first-order valence-electron chi connectivity index (χ1n) is 9.97. The molecule has 0 amide bonds. The number of aromatic amines is 1. The van der Waals surface area contributed by atoms with Crippen LogP contribution < -0.4 is 15.0 Å². The molecule has 1 aromatic heterocycles. The van der Waals surface area contributed by atoms with E-state index in [4.69, 9.17) is 21.1 Å². The summed E-state index contributed by atoms with van der Waals surface area (Å²) in [7, 11) is 0. The minimum Gasteiger partial charge on any atom is -0.454 e. The van der Waals surface area contributed by atoms with Crippen molar-refractivity contribution < 1.29 is 9.47 Å². The Kier molecular flexibility index (Phi) is 4.89. The van der Waals surface area contributed by atoms with Gasteiger partial charge in [-0.15, -0.1) is 0 Å². The second-order valence-electron chi connectivity index (χ2n) is 7.70. The number of ether oxygens (including phenoxy) is 2. The van der Waals surface area contributed by atoms with Crippen LogP contribution in [0, 0.1) is 0 Å². The Balaban J connectivity index is 1.44. The molecule has 1 aliphatic carbocycles. The summed E-state index contributed by atoms with van der Waals surface area (Å²) in [4.78, 5) is 22.6. The van der Waals surface area contributed by atoms with Gasteiger partial charge in [-0.3, -0.25) is 9.69 Å². The van der Waals surface area contributed by atoms with Crippen LogP contribution in [0.1, 0.15) is 37.1 Å². The van der Waals surface area contributed by atoms with Crippen molar-refractivity contribution in [1.29, 1.82) is 0 Å². The van der Waals surface area contributed by atoms with E-state index in [0.29, 0.717) is 34.3 Å². The molecule has 6 nitrogen and oxygen atoms in total. The van der Waals surface area contributed by atoms with Crippen molar-refractivity contribution in [3.05, 3.63) is 63.2 Å². The van der Waals surface area contributed by atoms with E-state index in [0.717, 1.165) is 36.4 Å². The zero-order chi connectivity index (χ0) is 19.8. The van der Waals surface area contributed by atoms with Crippen LogP contribution in [0.4, 0.5) is 0 Å². The van der Waals surface area contributed by atoms with Gasteiger partial charge in [0.05, 0.1) is 17.4 Å². The molecule has 1 aliphatic heterocycles. The highest BCUT2D eigenvalue weighted by molar-refractivity contribution is 6.31. The lowest BCUT2D eigenvalue weighted by atomic mass is 10.1. The second kappa shape index (κ2) is 7.69. The number of nitrogens with one attached hydrogen (secondary N) is 1. The molecule has 0 spiro atoms. The van der Waals surface area contributed by atoms with E-state index in [1.165, 1.54) is 12.8 Å². The average molecular weight is 412 g/mol. The highest BCUT2D eigenvalue weighted by atomic mass is 35.5. The second-order valence-corrected chi connectivity index (χ2v) is 8.14. The fourth-order valence-corrected chi connectivity index (χ4v) is 4.45. The number of fused-ring (bicyclic) bond motifs is 2. The van der Waals surface area contributed by atoms with Gasteiger partial charge in [0.1, 0.15) is 5.82 Å². The van der Waals surface area contributed by atoms with Crippen LogP contribution in [0.2, 0.25) is 5.02 Å². The van der Waals surface area contributed by atoms with Gasteiger partial charge in [-0.25, -0.2) is 4.98 Å². The first kappa shape index (κ1) is 18.5. The van der Waals surface area contributed by atoms with Crippen molar-refractivity contribution in [3.8, 4) is 11.5 Å². The van der Waals surface area contributed by atoms with Crippen molar-refractivity contribution >= 4 is 22.5 Å². The van der Waals surface area contributed by atoms with Crippen LogP contribution in [0.3, 0.4) is 0 Å². The lowest BCUT2D eigenvalue weighted by Gasteiger charge is -2.28. The Hall–Kier alpha value is -2.57. The van der Waals surface area contributed by atoms with E-state index in [1.54, 1.807) is 18.2 Å². The summed E-state index contributed by atoms with van der Waals surface area (Å²) in [5.41, 5.74) is 1.66. The third-order valence-electron chi connectivity index (χ3n) is 5.73. The molecule has 1 saturated carbocycles. The molecule has 150 valence electrons. The number of nitrogens with zero attached hydrogens (tertiary/aromatic N) is 2. The summed E-state index contributed by atoms with van der Waals surface area (Å²) < 4.78 is 10.9. The van der Waals surface area contributed by atoms with Crippen molar-refractivity contribution in [2.45, 2.75) is 44.8 Å². The number of rotatable bonds is 5. The Labute approximate surface area is 173 Å². The largest absolute Gasteiger partial charge is 0.454 e. The number of aromatic nitrogens is 2. The molecule has 7 heteroatoms. The van der Waals surface area contributed by atoms with E-state index in [9.17, 15) is 4.79 Å². The van der Waals surface area contributed by atoms with Gasteiger partial charge < -0.3 is 14.5 Å². The van der Waals surface area contributed by atoms with Crippen LogP contribution in [0.25, 0.3) is 10.9 Å². The molecule has 2 heterocycles. The van der Waals surface area contributed by atoms with E-state index >= 15 is 0 Å². The highest BCUT2D eigenvalue weighted by Gasteiger charge is 2.24. The molecule has 3 aromatic rings. The molecule has 2 aliphatic rings. The Bertz CT molecular complexity index is 1110. The fourth-order valence-electron chi connectivity index (χ4n) is 4.29. The summed E-state index contributed by atoms with van der Waals surface area (Å²) in [6.45, 7) is 1.62. The minimum absolute atomic E-state index is 0.129. The lowest BCUT2D eigenvalue weighted by molar-refractivity contribution is 0.172. The number of benzene rings is 2. The molecule has 1 N–H and O–H groups in total. The summed E-state index contributed by atoms with van der Waals surface area (Å²) >= 11 is 6.10. The number of hydrogen-bond donors (Lipinski definition) is 1. The van der Waals surface area contributed by atoms with Crippen LogP contribution in [0.5, 0.6) is 11.5 Å². The van der Waals surface area contributed by atoms with Gasteiger partial charge in [0.15, 0.2) is 11.5 Å². The maximum atomic E-state index is 12.5. The van der Waals surface area contributed by atoms with Gasteiger partial charge in [-0.05, 0) is 48.7 Å². The van der Waals surface area contributed by atoms with Crippen molar-refractivity contribution in [2.75, 3.05) is 6.79 Å². The minimum atomic E-state index is -0.129. The van der Waals surface area contributed by atoms with Gasteiger partial charge in [0, 0.05) is 17.6 Å². The SMILES string of the molecule is O=c1[nH]c(CN(Cc2ccc3c(c2)OCO3)C2CCCC2)nc2cc(Cl)ccc12. The molecule has 0 atom stereocenters. The predicted molar refractivity (Wildman–Crippen MR) is 111 cm³/mol. The summed E-state index contributed by atoms with van der Waals surface area (Å²) in [6, 6.07) is 11.7. The van der Waals surface area contributed by atoms with E-state index < -0.39 is 0 Å². The number of H-pyrrole nitrogens is 1. The van der Waals surface area contributed by atoms with Gasteiger partial charge in [-0.2, -0.15) is 0 Å². The van der Waals surface area contributed by atoms with Crippen molar-refractivity contribution in [1.82, 2.24) is 14.9 Å². The van der Waals surface area contributed by atoms with Crippen LogP contribution in [0.15, 0.2) is 41.2 Å². The fraction of sp³-hybridized carbons (Fsp3) is 0.364. The monoisotopic (exact) mass is 411 g/mol. The van der Waals surface area contributed by atoms with E-state index in [-0.39, 0.29) is 12.4 Å². The summed E-state index contributed by atoms with van der Waals surface area (Å²) in [6.07, 6.45) is 4.79.